The van der Waals surface area contributed by atoms with Crippen LogP contribution in [0.4, 0.5) is 5.69 Å². The smallest absolute Gasteiger partial charge is 0.291 e. The van der Waals surface area contributed by atoms with Gasteiger partial charge in [0.25, 0.3) is 5.56 Å². The number of nitrogens with zero attached hydrogens (tertiary/aromatic N) is 4. The van der Waals surface area contributed by atoms with Crippen molar-refractivity contribution in [2.75, 3.05) is 18.0 Å². The van der Waals surface area contributed by atoms with Crippen molar-refractivity contribution in [3.63, 3.8) is 0 Å². The van der Waals surface area contributed by atoms with Crippen LogP contribution in [0.1, 0.15) is 19.4 Å². The highest BCUT2D eigenvalue weighted by molar-refractivity contribution is 7.15. The molecule has 142 valence electrons. The lowest BCUT2D eigenvalue weighted by Crippen LogP contribution is -2.23. The van der Waals surface area contributed by atoms with E-state index in [9.17, 15) is 4.79 Å². The largest absolute Gasteiger partial charge is 0.372 e. The number of hydrogen-bond acceptors (Lipinski definition) is 5. The molecule has 0 amide bonds. The minimum absolute atomic E-state index is 0.152. The fourth-order valence-corrected chi connectivity index (χ4v) is 4.11. The number of thiazole rings is 1. The summed E-state index contributed by atoms with van der Waals surface area (Å²) in [4.78, 5) is 20.1. The highest BCUT2D eigenvalue weighted by atomic mass is 35.5. The highest BCUT2D eigenvalue weighted by Crippen LogP contribution is 2.19. The first-order valence-corrected chi connectivity index (χ1v) is 10.3. The molecule has 4 rings (SSSR count). The second-order valence-electron chi connectivity index (χ2n) is 6.32. The Morgan fingerprint density at radius 1 is 1.07 bits per heavy atom. The number of halogens is 1. The number of hydrogen-bond donors (Lipinski definition) is 0. The van der Waals surface area contributed by atoms with Gasteiger partial charge in [-0.3, -0.25) is 4.79 Å². The number of benzene rings is 2. The average Bonchev–Trinajstić information content (AvgIpc) is 3.24. The molecule has 0 unspecified atom stereocenters. The molecule has 5 nitrogen and oxygen atoms in total. The van der Waals surface area contributed by atoms with Crippen LogP contribution in [-0.2, 0) is 0 Å². The van der Waals surface area contributed by atoms with Crippen molar-refractivity contribution in [3.05, 3.63) is 74.0 Å². The van der Waals surface area contributed by atoms with Gasteiger partial charge in [0.05, 0.1) is 4.53 Å². The molecule has 0 bridgehead atoms. The summed E-state index contributed by atoms with van der Waals surface area (Å²) in [7, 11) is 0. The summed E-state index contributed by atoms with van der Waals surface area (Å²) in [5.41, 5.74) is 2.84. The fraction of sp³-hybridized carbons (Fsp3) is 0.190. The Bertz CT molecular complexity index is 1210. The van der Waals surface area contributed by atoms with Crippen molar-refractivity contribution in [1.82, 2.24) is 14.6 Å². The quantitative estimate of drug-likeness (QED) is 0.501. The predicted octanol–water partition coefficient (Wildman–Crippen LogP) is 3.87. The van der Waals surface area contributed by atoms with Gasteiger partial charge in [0, 0.05) is 29.4 Å². The van der Waals surface area contributed by atoms with Crippen LogP contribution >= 0.6 is 22.9 Å². The van der Waals surface area contributed by atoms with Gasteiger partial charge in [-0.25, -0.2) is 0 Å². The molecular formula is C21H19ClN4OS. The zero-order valence-electron chi connectivity index (χ0n) is 15.6. The maximum absolute atomic E-state index is 12.7. The van der Waals surface area contributed by atoms with Gasteiger partial charge < -0.3 is 4.90 Å². The molecule has 0 N–H and O–H groups in total. The Hall–Kier alpha value is -2.70. The number of aromatic nitrogens is 3. The summed E-state index contributed by atoms with van der Waals surface area (Å²) in [5.74, 6) is 0.523. The highest BCUT2D eigenvalue weighted by Gasteiger charge is 2.12. The molecule has 28 heavy (non-hydrogen) atoms. The van der Waals surface area contributed by atoms with E-state index in [1.165, 1.54) is 21.5 Å². The van der Waals surface area contributed by atoms with Crippen LogP contribution in [0, 0.1) is 0 Å². The van der Waals surface area contributed by atoms with Crippen molar-refractivity contribution >= 4 is 39.7 Å². The maximum Gasteiger partial charge on any atom is 0.291 e. The summed E-state index contributed by atoms with van der Waals surface area (Å²) in [5, 5.41) is 5.02. The standard InChI is InChI=1S/C21H19ClN4OS/c1-3-25(4-2)17-11-5-14(6-12-17)13-18-20(27)26-21(28-18)23-19(24-26)15-7-9-16(22)10-8-15/h5-13H,3-4H2,1-2H3/b18-13-. The van der Waals surface area contributed by atoms with E-state index in [1.807, 2.05) is 30.3 Å². The van der Waals surface area contributed by atoms with Crippen molar-refractivity contribution in [1.29, 1.82) is 0 Å². The molecule has 0 atom stereocenters. The Kier molecular flexibility index (Phi) is 5.15. The Morgan fingerprint density at radius 3 is 2.36 bits per heavy atom. The number of rotatable bonds is 5. The monoisotopic (exact) mass is 410 g/mol. The van der Waals surface area contributed by atoms with Crippen LogP contribution in [-0.4, -0.2) is 27.7 Å². The van der Waals surface area contributed by atoms with E-state index >= 15 is 0 Å². The number of fused-ring (bicyclic) bond motifs is 1. The van der Waals surface area contributed by atoms with Crippen LogP contribution < -0.4 is 15.0 Å². The van der Waals surface area contributed by atoms with Gasteiger partial charge >= 0.3 is 0 Å². The molecule has 0 fully saturated rings. The van der Waals surface area contributed by atoms with Crippen LogP contribution in [0.15, 0.2) is 53.3 Å². The first kappa shape index (κ1) is 18.7. The first-order chi connectivity index (χ1) is 13.6. The summed E-state index contributed by atoms with van der Waals surface area (Å²) < 4.78 is 1.98. The van der Waals surface area contributed by atoms with Crippen LogP contribution in [0.25, 0.3) is 22.4 Å². The van der Waals surface area contributed by atoms with E-state index < -0.39 is 0 Å². The van der Waals surface area contributed by atoms with Gasteiger partial charge in [-0.15, -0.1) is 5.10 Å². The SMILES string of the molecule is CCN(CC)c1ccc(/C=c2\sc3nc(-c4ccc(Cl)cc4)nn3c2=O)cc1. The Labute approximate surface area is 171 Å². The summed E-state index contributed by atoms with van der Waals surface area (Å²) in [6, 6.07) is 15.5. The van der Waals surface area contributed by atoms with E-state index in [-0.39, 0.29) is 5.56 Å². The summed E-state index contributed by atoms with van der Waals surface area (Å²) >= 11 is 7.26. The minimum Gasteiger partial charge on any atom is -0.372 e. The van der Waals surface area contributed by atoms with Crippen LogP contribution in [0.3, 0.4) is 0 Å². The molecule has 2 heterocycles. The molecule has 0 radical (unpaired) electrons. The van der Waals surface area contributed by atoms with Gasteiger partial charge in [-0.2, -0.15) is 9.50 Å². The molecule has 0 aliphatic carbocycles. The van der Waals surface area contributed by atoms with Crippen molar-refractivity contribution in [2.24, 2.45) is 0 Å². The lowest BCUT2D eigenvalue weighted by atomic mass is 10.2. The van der Waals surface area contributed by atoms with Crippen LogP contribution in [0.2, 0.25) is 5.02 Å². The minimum atomic E-state index is -0.152. The second-order valence-corrected chi connectivity index (χ2v) is 7.76. The zero-order valence-corrected chi connectivity index (χ0v) is 17.2. The fourth-order valence-electron chi connectivity index (χ4n) is 3.08. The normalized spacial score (nSPS) is 12.0. The van der Waals surface area contributed by atoms with Gasteiger partial charge in [0.15, 0.2) is 5.82 Å². The van der Waals surface area contributed by atoms with E-state index in [0.29, 0.717) is 20.3 Å². The predicted molar refractivity (Wildman–Crippen MR) is 116 cm³/mol. The van der Waals surface area contributed by atoms with Gasteiger partial charge in [-0.05, 0) is 61.9 Å². The van der Waals surface area contributed by atoms with Crippen molar-refractivity contribution in [2.45, 2.75) is 13.8 Å². The molecule has 0 aliphatic rings. The lowest BCUT2D eigenvalue weighted by molar-refractivity contribution is 0.866. The van der Waals surface area contributed by atoms with Crippen molar-refractivity contribution < 1.29 is 0 Å². The average molecular weight is 411 g/mol. The molecule has 2 aromatic heterocycles. The van der Waals surface area contributed by atoms with E-state index in [1.54, 1.807) is 12.1 Å². The van der Waals surface area contributed by atoms with Gasteiger partial charge in [0.2, 0.25) is 4.96 Å². The van der Waals surface area contributed by atoms with E-state index in [2.05, 4.69) is 41.0 Å². The van der Waals surface area contributed by atoms with E-state index in [0.717, 1.165) is 24.2 Å². The Balaban J connectivity index is 1.68. The van der Waals surface area contributed by atoms with E-state index in [4.69, 9.17) is 11.6 Å². The molecule has 0 spiro atoms. The zero-order chi connectivity index (χ0) is 19.7. The molecule has 2 aromatic carbocycles. The summed E-state index contributed by atoms with van der Waals surface area (Å²) in [6.07, 6.45) is 1.89. The summed E-state index contributed by atoms with van der Waals surface area (Å²) in [6.45, 7) is 6.21. The number of anilines is 1. The third-order valence-electron chi connectivity index (χ3n) is 4.60. The molecular weight excluding hydrogens is 392 g/mol. The molecule has 0 saturated carbocycles. The Morgan fingerprint density at radius 2 is 1.75 bits per heavy atom. The third kappa shape index (κ3) is 3.53. The van der Waals surface area contributed by atoms with Crippen LogP contribution in [0.5, 0.6) is 0 Å². The maximum atomic E-state index is 12.7. The lowest BCUT2D eigenvalue weighted by Gasteiger charge is -2.20. The molecule has 4 aromatic rings. The third-order valence-corrected chi connectivity index (χ3v) is 5.81. The molecule has 0 aliphatic heterocycles. The second kappa shape index (κ2) is 7.73. The van der Waals surface area contributed by atoms with Gasteiger partial charge in [-0.1, -0.05) is 35.1 Å². The molecule has 7 heteroatoms. The first-order valence-electron chi connectivity index (χ1n) is 9.11. The topological polar surface area (TPSA) is 50.5 Å². The van der Waals surface area contributed by atoms with Crippen molar-refractivity contribution in [3.8, 4) is 11.4 Å². The molecule has 0 saturated heterocycles. The van der Waals surface area contributed by atoms with Gasteiger partial charge in [0.1, 0.15) is 0 Å².